The first-order valence-corrected chi connectivity index (χ1v) is 10.4. The molecule has 0 unspecified atom stereocenters. The lowest BCUT2D eigenvalue weighted by Crippen LogP contribution is -2.38. The summed E-state index contributed by atoms with van der Waals surface area (Å²) in [6.45, 7) is 5.85. The second kappa shape index (κ2) is 8.59. The minimum absolute atomic E-state index is 0.0596. The highest BCUT2D eigenvalue weighted by Crippen LogP contribution is 2.25. The molecule has 3 heterocycles. The summed E-state index contributed by atoms with van der Waals surface area (Å²) in [6, 6.07) is 7.93. The molecule has 6 heteroatoms. The zero-order chi connectivity index (χ0) is 19.3. The molecule has 0 atom stereocenters. The van der Waals surface area contributed by atoms with E-state index in [2.05, 4.69) is 25.1 Å². The summed E-state index contributed by atoms with van der Waals surface area (Å²) in [4.78, 5) is 26.4. The van der Waals surface area contributed by atoms with Gasteiger partial charge in [0.1, 0.15) is 0 Å². The molecular weight excluding hydrogens is 350 g/mol. The number of carbonyl (C=O) groups is 1. The molecule has 1 aromatic heterocycles. The Bertz CT molecular complexity index is 793. The van der Waals surface area contributed by atoms with Crippen LogP contribution in [-0.2, 0) is 4.79 Å². The van der Waals surface area contributed by atoms with Crippen molar-refractivity contribution < 1.29 is 4.79 Å². The summed E-state index contributed by atoms with van der Waals surface area (Å²) < 4.78 is 0. The average molecular weight is 380 g/mol. The number of nitrogens with zero attached hydrogens (tertiary/aromatic N) is 4. The number of hydrogen-bond acceptors (Lipinski definition) is 5. The molecule has 6 nitrogen and oxygen atoms in total. The molecule has 0 bridgehead atoms. The Morgan fingerprint density at radius 1 is 0.964 bits per heavy atom. The molecule has 0 radical (unpaired) electrons. The first kappa shape index (κ1) is 18.7. The third-order valence-corrected chi connectivity index (χ3v) is 5.90. The summed E-state index contributed by atoms with van der Waals surface area (Å²) >= 11 is 0. The minimum atomic E-state index is 0.0596. The van der Waals surface area contributed by atoms with Gasteiger partial charge in [-0.25, -0.2) is 9.97 Å². The highest BCUT2D eigenvalue weighted by Gasteiger charge is 2.26. The van der Waals surface area contributed by atoms with Gasteiger partial charge in [0.2, 0.25) is 11.9 Å². The van der Waals surface area contributed by atoms with Gasteiger partial charge in [0.15, 0.2) is 0 Å². The van der Waals surface area contributed by atoms with Gasteiger partial charge in [-0.05, 0) is 50.7 Å². The van der Waals surface area contributed by atoms with E-state index >= 15 is 0 Å². The van der Waals surface area contributed by atoms with Crippen LogP contribution in [0.25, 0.3) is 0 Å². The summed E-state index contributed by atoms with van der Waals surface area (Å²) in [5.74, 6) is 1.03. The fourth-order valence-corrected chi connectivity index (χ4v) is 4.08. The molecule has 0 saturated carbocycles. The normalized spacial score (nSPS) is 18.2. The van der Waals surface area contributed by atoms with Crippen LogP contribution in [0.5, 0.6) is 0 Å². The van der Waals surface area contributed by atoms with Gasteiger partial charge >= 0.3 is 0 Å². The van der Waals surface area contributed by atoms with Crippen molar-refractivity contribution in [3.63, 3.8) is 0 Å². The molecule has 2 aliphatic rings. The third kappa shape index (κ3) is 4.26. The number of para-hydroxylation sites is 1. The van der Waals surface area contributed by atoms with E-state index in [1.165, 1.54) is 19.3 Å². The van der Waals surface area contributed by atoms with Crippen molar-refractivity contribution in [2.24, 2.45) is 5.92 Å². The maximum Gasteiger partial charge on any atom is 0.227 e. The second-order valence-corrected chi connectivity index (χ2v) is 7.85. The summed E-state index contributed by atoms with van der Waals surface area (Å²) in [5, 5.41) is 3.09. The number of aromatic nitrogens is 2. The Labute approximate surface area is 167 Å². The second-order valence-electron chi connectivity index (χ2n) is 7.85. The highest BCUT2D eigenvalue weighted by atomic mass is 16.1. The summed E-state index contributed by atoms with van der Waals surface area (Å²) in [6.07, 6.45) is 9.33. The quantitative estimate of drug-likeness (QED) is 0.879. The first-order chi connectivity index (χ1) is 13.7. The standard InChI is InChI=1S/C22H29N5O/c1-17-7-3-4-8-20(17)25-21(28)18-9-13-26(14-10-18)19-15-23-22(24-16-19)27-11-5-2-6-12-27/h3-4,7-8,15-16,18H,2,5-6,9-14H2,1H3,(H,25,28). The molecular formula is C22H29N5O. The van der Waals surface area contributed by atoms with Gasteiger partial charge in [-0.3, -0.25) is 4.79 Å². The molecule has 2 aliphatic heterocycles. The van der Waals surface area contributed by atoms with Crippen molar-refractivity contribution in [3.8, 4) is 0 Å². The topological polar surface area (TPSA) is 61.4 Å². The maximum atomic E-state index is 12.6. The Balaban J connectivity index is 1.31. The third-order valence-electron chi connectivity index (χ3n) is 5.90. The van der Waals surface area contributed by atoms with Crippen LogP contribution in [-0.4, -0.2) is 42.1 Å². The average Bonchev–Trinajstić information content (AvgIpc) is 2.76. The van der Waals surface area contributed by atoms with Crippen molar-refractivity contribution in [1.29, 1.82) is 0 Å². The number of amides is 1. The van der Waals surface area contributed by atoms with Gasteiger partial charge in [0, 0.05) is 37.8 Å². The van der Waals surface area contributed by atoms with E-state index < -0.39 is 0 Å². The fourth-order valence-electron chi connectivity index (χ4n) is 4.08. The Morgan fingerprint density at radius 3 is 2.32 bits per heavy atom. The van der Waals surface area contributed by atoms with E-state index in [1.54, 1.807) is 0 Å². The fraction of sp³-hybridized carbons (Fsp3) is 0.500. The van der Waals surface area contributed by atoms with Crippen molar-refractivity contribution in [2.45, 2.75) is 39.0 Å². The zero-order valence-corrected chi connectivity index (χ0v) is 16.6. The summed E-state index contributed by atoms with van der Waals surface area (Å²) in [5.41, 5.74) is 3.06. The maximum absolute atomic E-state index is 12.6. The molecule has 4 rings (SSSR count). The predicted octanol–water partition coefficient (Wildman–Crippen LogP) is 3.63. The zero-order valence-electron chi connectivity index (χ0n) is 16.6. The van der Waals surface area contributed by atoms with Crippen molar-refractivity contribution in [2.75, 3.05) is 41.3 Å². The van der Waals surface area contributed by atoms with Crippen LogP contribution >= 0.6 is 0 Å². The van der Waals surface area contributed by atoms with E-state index in [0.717, 1.165) is 61.9 Å². The number of benzene rings is 1. The molecule has 0 spiro atoms. The van der Waals surface area contributed by atoms with E-state index in [9.17, 15) is 4.79 Å². The van der Waals surface area contributed by atoms with E-state index in [0.29, 0.717) is 0 Å². The first-order valence-electron chi connectivity index (χ1n) is 10.4. The van der Waals surface area contributed by atoms with Crippen molar-refractivity contribution in [3.05, 3.63) is 42.2 Å². The number of aryl methyl sites for hydroxylation is 1. The number of piperidine rings is 2. The molecule has 0 aliphatic carbocycles. The monoisotopic (exact) mass is 379 g/mol. The van der Waals surface area contributed by atoms with E-state index in [-0.39, 0.29) is 11.8 Å². The van der Waals surface area contributed by atoms with Gasteiger partial charge < -0.3 is 15.1 Å². The molecule has 1 amide bonds. The lowest BCUT2D eigenvalue weighted by Gasteiger charge is -2.33. The number of hydrogen-bond donors (Lipinski definition) is 1. The SMILES string of the molecule is Cc1ccccc1NC(=O)C1CCN(c2cnc(N3CCCCC3)nc2)CC1. The Morgan fingerprint density at radius 2 is 1.64 bits per heavy atom. The van der Waals surface area contributed by atoms with E-state index in [4.69, 9.17) is 0 Å². The van der Waals surface area contributed by atoms with Crippen LogP contribution in [0.4, 0.5) is 17.3 Å². The Hall–Kier alpha value is -2.63. The molecule has 2 saturated heterocycles. The van der Waals surface area contributed by atoms with Gasteiger partial charge in [0.25, 0.3) is 0 Å². The number of rotatable bonds is 4. The van der Waals surface area contributed by atoms with Crippen LogP contribution in [0.3, 0.4) is 0 Å². The largest absolute Gasteiger partial charge is 0.369 e. The molecule has 2 aromatic rings. The van der Waals surface area contributed by atoms with E-state index in [1.807, 2.05) is 43.6 Å². The van der Waals surface area contributed by atoms with Crippen LogP contribution in [0, 0.1) is 12.8 Å². The van der Waals surface area contributed by atoms with Crippen LogP contribution in [0.1, 0.15) is 37.7 Å². The number of anilines is 3. The lowest BCUT2D eigenvalue weighted by atomic mass is 9.95. The highest BCUT2D eigenvalue weighted by molar-refractivity contribution is 5.93. The number of carbonyl (C=O) groups excluding carboxylic acids is 1. The lowest BCUT2D eigenvalue weighted by molar-refractivity contribution is -0.120. The van der Waals surface area contributed by atoms with Crippen molar-refractivity contribution >= 4 is 23.2 Å². The molecule has 148 valence electrons. The summed E-state index contributed by atoms with van der Waals surface area (Å²) in [7, 11) is 0. The van der Waals surface area contributed by atoms with Crippen LogP contribution < -0.4 is 15.1 Å². The van der Waals surface area contributed by atoms with Gasteiger partial charge in [-0.2, -0.15) is 0 Å². The van der Waals surface area contributed by atoms with Gasteiger partial charge in [-0.15, -0.1) is 0 Å². The van der Waals surface area contributed by atoms with Crippen LogP contribution in [0.15, 0.2) is 36.7 Å². The molecule has 1 N–H and O–H groups in total. The smallest absolute Gasteiger partial charge is 0.227 e. The minimum Gasteiger partial charge on any atom is -0.369 e. The van der Waals surface area contributed by atoms with Crippen molar-refractivity contribution in [1.82, 2.24) is 9.97 Å². The van der Waals surface area contributed by atoms with Crippen LogP contribution in [0.2, 0.25) is 0 Å². The molecule has 2 fully saturated rings. The predicted molar refractivity (Wildman–Crippen MR) is 113 cm³/mol. The molecule has 1 aromatic carbocycles. The molecule has 28 heavy (non-hydrogen) atoms. The number of nitrogens with one attached hydrogen (secondary N) is 1. The Kier molecular flexibility index (Phi) is 5.74. The van der Waals surface area contributed by atoms with Gasteiger partial charge in [-0.1, -0.05) is 18.2 Å². The van der Waals surface area contributed by atoms with Gasteiger partial charge in [0.05, 0.1) is 18.1 Å².